The molecule has 3 atom stereocenters. The minimum Gasteiger partial charge on any atom is -0.379 e. The highest BCUT2D eigenvalue weighted by Gasteiger charge is 2.24. The van der Waals surface area contributed by atoms with E-state index in [0.29, 0.717) is 24.4 Å². The first kappa shape index (κ1) is 18.7. The third-order valence-electron chi connectivity index (χ3n) is 5.19. The quantitative estimate of drug-likeness (QED) is 0.810. The average molecular weight is 325 g/mol. The van der Waals surface area contributed by atoms with Crippen molar-refractivity contribution in [2.75, 3.05) is 39.4 Å². The first-order valence-corrected chi connectivity index (χ1v) is 9.42. The van der Waals surface area contributed by atoms with E-state index >= 15 is 0 Å². The van der Waals surface area contributed by atoms with Gasteiger partial charge in [-0.25, -0.2) is 0 Å². The second kappa shape index (κ2) is 9.60. The number of nitrogens with one attached hydrogen (secondary N) is 1. The maximum absolute atomic E-state index is 12.4. The summed E-state index contributed by atoms with van der Waals surface area (Å²) in [5.74, 6) is 0.319. The molecule has 23 heavy (non-hydrogen) atoms. The van der Waals surface area contributed by atoms with Crippen LogP contribution < -0.4 is 5.32 Å². The van der Waals surface area contributed by atoms with Crippen LogP contribution >= 0.6 is 0 Å². The molecule has 2 heterocycles. The zero-order valence-corrected chi connectivity index (χ0v) is 15.2. The number of carbonyl (C=O) groups excluding carboxylic acids is 1. The zero-order chi connectivity index (χ0) is 16.7. The Morgan fingerprint density at radius 2 is 1.87 bits per heavy atom. The lowest BCUT2D eigenvalue weighted by atomic mass is 10.1. The Labute approximate surface area is 141 Å². The molecule has 0 bridgehead atoms. The molecule has 0 radical (unpaired) electrons. The lowest BCUT2D eigenvalue weighted by Crippen LogP contribution is -2.52. The molecule has 134 valence electrons. The summed E-state index contributed by atoms with van der Waals surface area (Å²) in [6.07, 6.45) is 5.49. The van der Waals surface area contributed by atoms with Gasteiger partial charge in [0.2, 0.25) is 5.91 Å². The fourth-order valence-electron chi connectivity index (χ4n) is 3.67. The Hall–Kier alpha value is -0.650. The van der Waals surface area contributed by atoms with Gasteiger partial charge in [0.05, 0.1) is 13.2 Å². The third-order valence-corrected chi connectivity index (χ3v) is 5.19. The maximum atomic E-state index is 12.4. The first-order chi connectivity index (χ1) is 11.1. The summed E-state index contributed by atoms with van der Waals surface area (Å²) in [7, 11) is 0. The Bertz CT molecular complexity index is 356. The molecule has 2 saturated heterocycles. The van der Waals surface area contributed by atoms with Crippen molar-refractivity contribution in [1.82, 2.24) is 15.1 Å². The summed E-state index contributed by atoms with van der Waals surface area (Å²) in [4.78, 5) is 17.0. The molecule has 2 rings (SSSR count). The number of morpholine rings is 1. The van der Waals surface area contributed by atoms with Crippen LogP contribution in [0.2, 0.25) is 0 Å². The molecule has 0 aliphatic carbocycles. The van der Waals surface area contributed by atoms with Gasteiger partial charge in [-0.15, -0.1) is 0 Å². The highest BCUT2D eigenvalue weighted by molar-refractivity contribution is 5.76. The fourth-order valence-corrected chi connectivity index (χ4v) is 3.67. The molecule has 0 unspecified atom stereocenters. The van der Waals surface area contributed by atoms with Gasteiger partial charge >= 0.3 is 0 Å². The van der Waals surface area contributed by atoms with Crippen LogP contribution in [0, 0.1) is 0 Å². The van der Waals surface area contributed by atoms with Crippen LogP contribution in [0.1, 0.15) is 52.9 Å². The smallest absolute Gasteiger partial charge is 0.224 e. The summed E-state index contributed by atoms with van der Waals surface area (Å²) < 4.78 is 5.51. The van der Waals surface area contributed by atoms with Crippen molar-refractivity contribution in [1.29, 1.82) is 0 Å². The SMILES string of the molecule is C[C@H](CC(=O)N1CCCCCC1)NC[C@@H](C)N1CCOC[C@H]1C. The van der Waals surface area contributed by atoms with Crippen molar-refractivity contribution >= 4 is 5.91 Å². The number of ether oxygens (including phenoxy) is 1. The van der Waals surface area contributed by atoms with Gasteiger partial charge in [-0.3, -0.25) is 9.69 Å². The van der Waals surface area contributed by atoms with Gasteiger partial charge in [0.1, 0.15) is 0 Å². The molecule has 1 N–H and O–H groups in total. The van der Waals surface area contributed by atoms with E-state index in [2.05, 4.69) is 35.9 Å². The van der Waals surface area contributed by atoms with Gasteiger partial charge in [-0.1, -0.05) is 12.8 Å². The van der Waals surface area contributed by atoms with Gasteiger partial charge in [-0.2, -0.15) is 0 Å². The Morgan fingerprint density at radius 3 is 2.52 bits per heavy atom. The number of carbonyl (C=O) groups is 1. The van der Waals surface area contributed by atoms with Gasteiger partial charge in [0, 0.05) is 50.7 Å². The zero-order valence-electron chi connectivity index (χ0n) is 15.2. The molecule has 0 aromatic carbocycles. The van der Waals surface area contributed by atoms with Crippen LogP contribution in [0.3, 0.4) is 0 Å². The molecule has 0 aromatic rings. The molecular weight excluding hydrogens is 290 g/mol. The first-order valence-electron chi connectivity index (χ1n) is 9.42. The molecular formula is C18H35N3O2. The van der Waals surface area contributed by atoms with E-state index in [1.54, 1.807) is 0 Å². The van der Waals surface area contributed by atoms with Crippen molar-refractivity contribution < 1.29 is 9.53 Å². The molecule has 5 nitrogen and oxygen atoms in total. The van der Waals surface area contributed by atoms with E-state index in [-0.39, 0.29) is 6.04 Å². The molecule has 0 saturated carbocycles. The van der Waals surface area contributed by atoms with E-state index < -0.39 is 0 Å². The van der Waals surface area contributed by atoms with Gasteiger partial charge < -0.3 is 15.0 Å². The molecule has 2 fully saturated rings. The monoisotopic (exact) mass is 325 g/mol. The second-order valence-corrected chi connectivity index (χ2v) is 7.32. The summed E-state index contributed by atoms with van der Waals surface area (Å²) >= 11 is 0. The Kier molecular flexibility index (Phi) is 7.80. The van der Waals surface area contributed by atoms with Crippen LogP contribution in [0.15, 0.2) is 0 Å². The number of rotatable bonds is 6. The van der Waals surface area contributed by atoms with Crippen LogP contribution in [0.4, 0.5) is 0 Å². The minimum absolute atomic E-state index is 0.240. The van der Waals surface area contributed by atoms with Gasteiger partial charge in [0.15, 0.2) is 0 Å². The van der Waals surface area contributed by atoms with E-state index in [1.165, 1.54) is 25.7 Å². The summed E-state index contributed by atoms with van der Waals surface area (Å²) in [5, 5.41) is 3.56. The number of hydrogen-bond acceptors (Lipinski definition) is 4. The molecule has 1 amide bonds. The average Bonchev–Trinajstić information content (AvgIpc) is 2.82. The van der Waals surface area contributed by atoms with E-state index in [0.717, 1.165) is 39.4 Å². The third kappa shape index (κ3) is 6.05. The lowest BCUT2D eigenvalue weighted by Gasteiger charge is -2.38. The largest absolute Gasteiger partial charge is 0.379 e. The normalized spacial score (nSPS) is 26.6. The van der Waals surface area contributed by atoms with Crippen LogP contribution in [0.5, 0.6) is 0 Å². The van der Waals surface area contributed by atoms with Crippen molar-refractivity contribution in [3.63, 3.8) is 0 Å². The van der Waals surface area contributed by atoms with Crippen molar-refractivity contribution in [3.8, 4) is 0 Å². The van der Waals surface area contributed by atoms with Gasteiger partial charge in [-0.05, 0) is 33.6 Å². The van der Waals surface area contributed by atoms with E-state index in [9.17, 15) is 4.79 Å². The van der Waals surface area contributed by atoms with Crippen LogP contribution in [-0.2, 0) is 9.53 Å². The van der Waals surface area contributed by atoms with E-state index in [4.69, 9.17) is 4.74 Å². The van der Waals surface area contributed by atoms with Crippen LogP contribution in [0.25, 0.3) is 0 Å². The summed E-state index contributed by atoms with van der Waals surface area (Å²) in [6.45, 7) is 12.1. The molecule has 2 aliphatic rings. The van der Waals surface area contributed by atoms with Crippen molar-refractivity contribution in [3.05, 3.63) is 0 Å². The number of nitrogens with zero attached hydrogens (tertiary/aromatic N) is 2. The molecule has 0 aromatic heterocycles. The Balaban J connectivity index is 1.69. The Morgan fingerprint density at radius 1 is 1.17 bits per heavy atom. The summed E-state index contributed by atoms with van der Waals surface area (Å²) in [5.41, 5.74) is 0. The molecule has 0 spiro atoms. The van der Waals surface area contributed by atoms with Crippen molar-refractivity contribution in [2.45, 2.75) is 71.0 Å². The second-order valence-electron chi connectivity index (χ2n) is 7.32. The van der Waals surface area contributed by atoms with Gasteiger partial charge in [0.25, 0.3) is 0 Å². The molecule has 5 heteroatoms. The fraction of sp³-hybridized carbons (Fsp3) is 0.944. The highest BCUT2D eigenvalue weighted by atomic mass is 16.5. The predicted octanol–water partition coefficient (Wildman–Crippen LogP) is 1.87. The topological polar surface area (TPSA) is 44.8 Å². The number of amides is 1. The number of likely N-dealkylation sites (tertiary alicyclic amines) is 1. The van der Waals surface area contributed by atoms with Crippen molar-refractivity contribution in [2.24, 2.45) is 0 Å². The highest BCUT2D eigenvalue weighted by Crippen LogP contribution is 2.12. The summed E-state index contributed by atoms with van der Waals surface area (Å²) in [6, 6.07) is 1.20. The predicted molar refractivity (Wildman–Crippen MR) is 93.6 cm³/mol. The van der Waals surface area contributed by atoms with Crippen LogP contribution in [-0.4, -0.2) is 73.2 Å². The lowest BCUT2D eigenvalue weighted by molar-refractivity contribution is -0.131. The number of hydrogen-bond donors (Lipinski definition) is 1. The maximum Gasteiger partial charge on any atom is 0.224 e. The minimum atomic E-state index is 0.240. The molecule has 2 aliphatic heterocycles. The standard InChI is InChI=1S/C18H35N3O2/c1-15(12-18(22)20-8-6-4-5-7-9-20)19-13-16(2)21-10-11-23-14-17(21)3/h15-17,19H,4-14H2,1-3H3/t15-,16-,17-/m1/s1. The van der Waals surface area contributed by atoms with E-state index in [1.807, 2.05) is 0 Å².